The first kappa shape index (κ1) is 13.1. The van der Waals surface area contributed by atoms with Crippen LogP contribution in [0.4, 0.5) is 0 Å². The number of hydrogen-bond acceptors (Lipinski definition) is 4. The summed E-state index contributed by atoms with van der Waals surface area (Å²) in [6, 6.07) is 6.68. The SMILES string of the molecule is O=c1[nH]c(=O)n(C2CCS(=O)(=O)CC2)c2ccccc12. The van der Waals surface area contributed by atoms with E-state index in [1.165, 1.54) is 4.57 Å². The lowest BCUT2D eigenvalue weighted by molar-refractivity contribution is 0.444. The zero-order valence-corrected chi connectivity index (χ0v) is 11.5. The number of nitrogens with zero attached hydrogens (tertiary/aromatic N) is 1. The predicted octanol–water partition coefficient (Wildman–Crippen LogP) is 0.439. The van der Waals surface area contributed by atoms with E-state index in [1.807, 2.05) is 0 Å². The van der Waals surface area contributed by atoms with Gasteiger partial charge in [0.05, 0.1) is 22.4 Å². The van der Waals surface area contributed by atoms with Crippen molar-refractivity contribution < 1.29 is 8.42 Å². The van der Waals surface area contributed by atoms with E-state index < -0.39 is 21.1 Å². The summed E-state index contributed by atoms with van der Waals surface area (Å²) in [5.74, 6) is 0.162. The van der Waals surface area contributed by atoms with Crippen molar-refractivity contribution in [1.82, 2.24) is 9.55 Å². The maximum absolute atomic E-state index is 12.1. The van der Waals surface area contributed by atoms with Gasteiger partial charge in [0.1, 0.15) is 9.84 Å². The van der Waals surface area contributed by atoms with Crippen LogP contribution in [0.5, 0.6) is 0 Å². The van der Waals surface area contributed by atoms with Crippen molar-refractivity contribution in [2.75, 3.05) is 11.5 Å². The van der Waals surface area contributed by atoms with Gasteiger partial charge in [-0.05, 0) is 25.0 Å². The maximum atomic E-state index is 12.1. The molecule has 3 rings (SSSR count). The summed E-state index contributed by atoms with van der Waals surface area (Å²) in [5.41, 5.74) is -0.325. The second kappa shape index (κ2) is 4.59. The number of H-pyrrole nitrogens is 1. The quantitative estimate of drug-likeness (QED) is 0.826. The van der Waals surface area contributed by atoms with Crippen molar-refractivity contribution in [2.24, 2.45) is 0 Å². The van der Waals surface area contributed by atoms with Crippen LogP contribution in [0.25, 0.3) is 10.9 Å². The molecular weight excluding hydrogens is 280 g/mol. The van der Waals surface area contributed by atoms with Crippen LogP contribution in [0.15, 0.2) is 33.9 Å². The van der Waals surface area contributed by atoms with E-state index in [4.69, 9.17) is 0 Å². The summed E-state index contributed by atoms with van der Waals surface area (Å²) in [6.07, 6.45) is 0.802. The molecule has 2 aromatic rings. The summed E-state index contributed by atoms with van der Waals surface area (Å²) in [7, 11) is -2.99. The average molecular weight is 294 g/mol. The molecular formula is C13H14N2O4S. The Morgan fingerprint density at radius 2 is 1.75 bits per heavy atom. The highest BCUT2D eigenvalue weighted by Crippen LogP contribution is 2.24. The molecule has 0 atom stereocenters. The highest BCUT2D eigenvalue weighted by Gasteiger charge is 2.26. The van der Waals surface area contributed by atoms with Gasteiger partial charge in [-0.2, -0.15) is 0 Å². The van der Waals surface area contributed by atoms with Gasteiger partial charge in [0, 0.05) is 6.04 Å². The highest BCUT2D eigenvalue weighted by molar-refractivity contribution is 7.91. The normalized spacial score (nSPS) is 19.2. The fourth-order valence-electron chi connectivity index (χ4n) is 2.71. The molecule has 2 heterocycles. The lowest BCUT2D eigenvalue weighted by Gasteiger charge is -2.25. The van der Waals surface area contributed by atoms with Gasteiger partial charge >= 0.3 is 5.69 Å². The second-order valence-electron chi connectivity index (χ2n) is 5.03. The Morgan fingerprint density at radius 3 is 2.45 bits per heavy atom. The lowest BCUT2D eigenvalue weighted by atomic mass is 10.1. The molecule has 106 valence electrons. The molecule has 0 bridgehead atoms. The molecule has 1 aromatic heterocycles. The van der Waals surface area contributed by atoms with E-state index in [0.717, 1.165) is 0 Å². The molecule has 0 amide bonds. The molecule has 1 aliphatic heterocycles. The first-order chi connectivity index (χ1) is 9.48. The van der Waals surface area contributed by atoms with Gasteiger partial charge in [-0.1, -0.05) is 12.1 Å². The molecule has 0 radical (unpaired) electrons. The molecule has 1 aromatic carbocycles. The Morgan fingerprint density at radius 1 is 1.10 bits per heavy atom. The summed E-state index contributed by atoms with van der Waals surface area (Å²) >= 11 is 0. The standard InChI is InChI=1S/C13H14N2O4S/c16-12-10-3-1-2-4-11(10)15(13(17)14-12)9-5-7-20(18,19)8-6-9/h1-4,9H,5-8H2,(H,14,16,17). The van der Waals surface area contributed by atoms with Crippen molar-refractivity contribution in [3.63, 3.8) is 0 Å². The Labute approximate surface area is 115 Å². The largest absolute Gasteiger partial charge is 0.329 e. The fourth-order valence-corrected chi connectivity index (χ4v) is 4.17. The van der Waals surface area contributed by atoms with E-state index in [0.29, 0.717) is 23.7 Å². The number of para-hydroxylation sites is 1. The maximum Gasteiger partial charge on any atom is 0.329 e. The number of sulfone groups is 1. The van der Waals surface area contributed by atoms with E-state index >= 15 is 0 Å². The number of fused-ring (bicyclic) bond motifs is 1. The van der Waals surface area contributed by atoms with Crippen LogP contribution in [-0.2, 0) is 9.84 Å². The molecule has 6 nitrogen and oxygen atoms in total. The van der Waals surface area contributed by atoms with E-state index in [1.54, 1.807) is 24.3 Å². The number of nitrogens with one attached hydrogen (secondary N) is 1. The zero-order chi connectivity index (χ0) is 14.3. The molecule has 7 heteroatoms. The summed E-state index contributed by atoms with van der Waals surface area (Å²) in [4.78, 5) is 26.1. The first-order valence-electron chi connectivity index (χ1n) is 6.42. The molecule has 0 saturated carbocycles. The summed E-state index contributed by atoms with van der Waals surface area (Å²) in [5, 5.41) is 0.445. The smallest absolute Gasteiger partial charge is 0.290 e. The number of benzene rings is 1. The van der Waals surface area contributed by atoms with Gasteiger partial charge in [-0.25, -0.2) is 13.2 Å². The van der Waals surface area contributed by atoms with Gasteiger partial charge in [0.25, 0.3) is 5.56 Å². The number of rotatable bonds is 1. The van der Waals surface area contributed by atoms with Crippen LogP contribution < -0.4 is 11.2 Å². The fraction of sp³-hybridized carbons (Fsp3) is 0.385. The van der Waals surface area contributed by atoms with Gasteiger partial charge < -0.3 is 0 Å². The van der Waals surface area contributed by atoms with Crippen LogP contribution >= 0.6 is 0 Å². The average Bonchev–Trinajstić information content (AvgIpc) is 2.40. The monoisotopic (exact) mass is 294 g/mol. The number of hydrogen-bond donors (Lipinski definition) is 1. The van der Waals surface area contributed by atoms with E-state index in [2.05, 4.69) is 4.98 Å². The molecule has 1 N–H and O–H groups in total. The molecule has 0 spiro atoms. The molecule has 1 aliphatic rings. The van der Waals surface area contributed by atoms with Crippen molar-refractivity contribution >= 4 is 20.7 Å². The third kappa shape index (κ3) is 2.18. The van der Waals surface area contributed by atoms with Crippen molar-refractivity contribution in [2.45, 2.75) is 18.9 Å². The number of aromatic amines is 1. The van der Waals surface area contributed by atoms with E-state index in [9.17, 15) is 18.0 Å². The Bertz CT molecular complexity index is 865. The van der Waals surface area contributed by atoms with Crippen LogP contribution in [0.2, 0.25) is 0 Å². The summed E-state index contributed by atoms with van der Waals surface area (Å²) in [6.45, 7) is 0. The second-order valence-corrected chi connectivity index (χ2v) is 7.33. The van der Waals surface area contributed by atoms with Crippen LogP contribution in [0.3, 0.4) is 0 Å². The van der Waals surface area contributed by atoms with Gasteiger partial charge in [-0.3, -0.25) is 14.3 Å². The van der Waals surface area contributed by atoms with Crippen LogP contribution in [-0.4, -0.2) is 29.5 Å². The molecule has 0 unspecified atom stereocenters. The minimum atomic E-state index is -2.99. The van der Waals surface area contributed by atoms with E-state index in [-0.39, 0.29) is 17.5 Å². The first-order valence-corrected chi connectivity index (χ1v) is 8.24. The third-order valence-electron chi connectivity index (χ3n) is 3.74. The third-order valence-corrected chi connectivity index (χ3v) is 5.45. The summed E-state index contributed by atoms with van der Waals surface area (Å²) < 4.78 is 24.5. The molecule has 1 fully saturated rings. The van der Waals surface area contributed by atoms with Crippen molar-refractivity contribution in [1.29, 1.82) is 0 Å². The highest BCUT2D eigenvalue weighted by atomic mass is 32.2. The van der Waals surface area contributed by atoms with Gasteiger partial charge in [0.2, 0.25) is 0 Å². The number of aromatic nitrogens is 2. The zero-order valence-electron chi connectivity index (χ0n) is 10.7. The predicted molar refractivity (Wildman–Crippen MR) is 75.8 cm³/mol. The van der Waals surface area contributed by atoms with Crippen molar-refractivity contribution in [3.8, 4) is 0 Å². The Balaban J connectivity index is 2.17. The Hall–Kier alpha value is -1.89. The topological polar surface area (TPSA) is 89.0 Å². The van der Waals surface area contributed by atoms with Gasteiger partial charge in [0.15, 0.2) is 0 Å². The Kier molecular flexibility index (Phi) is 3.01. The molecule has 20 heavy (non-hydrogen) atoms. The minimum absolute atomic E-state index is 0.0809. The van der Waals surface area contributed by atoms with Crippen LogP contribution in [0, 0.1) is 0 Å². The van der Waals surface area contributed by atoms with Gasteiger partial charge in [-0.15, -0.1) is 0 Å². The molecule has 1 saturated heterocycles. The van der Waals surface area contributed by atoms with Crippen LogP contribution in [0.1, 0.15) is 18.9 Å². The van der Waals surface area contributed by atoms with Crippen molar-refractivity contribution in [3.05, 3.63) is 45.1 Å². The minimum Gasteiger partial charge on any atom is -0.290 e. The molecule has 0 aliphatic carbocycles. The lowest BCUT2D eigenvalue weighted by Crippen LogP contribution is -2.36.